The molecule has 31 heavy (non-hydrogen) atoms. The summed E-state index contributed by atoms with van der Waals surface area (Å²) in [5.74, 6) is 1.83. The smallest absolute Gasteiger partial charge is 0.124 e. The highest BCUT2D eigenvalue weighted by Gasteiger charge is 2.10. The van der Waals surface area contributed by atoms with Crippen LogP contribution in [0.25, 0.3) is 10.8 Å². The Bertz CT molecular complexity index is 1140. The Morgan fingerprint density at radius 1 is 0.806 bits per heavy atom. The van der Waals surface area contributed by atoms with Crippen LogP contribution >= 0.6 is 11.6 Å². The number of methoxy groups -OCH3 is 1. The van der Waals surface area contributed by atoms with E-state index in [4.69, 9.17) is 21.1 Å². The highest BCUT2D eigenvalue weighted by atomic mass is 35.5. The number of hydrogen-bond donors (Lipinski definition) is 1. The lowest BCUT2D eigenvalue weighted by Gasteiger charge is -2.16. The molecule has 0 atom stereocenters. The number of benzene rings is 4. The van der Waals surface area contributed by atoms with E-state index in [0.717, 1.165) is 41.6 Å². The molecule has 0 saturated heterocycles. The minimum absolute atomic E-state index is 0.504. The minimum atomic E-state index is 0.504. The van der Waals surface area contributed by atoms with E-state index in [1.54, 1.807) is 7.11 Å². The average Bonchev–Trinajstić information content (AvgIpc) is 2.82. The molecule has 4 heteroatoms. The molecule has 0 amide bonds. The van der Waals surface area contributed by atoms with Crippen molar-refractivity contribution in [2.24, 2.45) is 0 Å². The molecule has 0 aliphatic carbocycles. The van der Waals surface area contributed by atoms with Gasteiger partial charge in [0.15, 0.2) is 0 Å². The van der Waals surface area contributed by atoms with Crippen molar-refractivity contribution >= 4 is 22.4 Å². The highest BCUT2D eigenvalue weighted by Crippen LogP contribution is 2.29. The molecule has 0 radical (unpaired) electrons. The third-order valence-corrected chi connectivity index (χ3v) is 5.62. The summed E-state index contributed by atoms with van der Waals surface area (Å²) in [5, 5.41) is 6.74. The van der Waals surface area contributed by atoms with Crippen LogP contribution < -0.4 is 14.8 Å². The van der Waals surface area contributed by atoms with Crippen LogP contribution in [0.15, 0.2) is 84.9 Å². The standard InChI is InChI=1S/C27H26ClNO2/c1-30-26-9-5-3-7-22(26)16-17-29-18-25-24-8-4-2-6-21(24)12-15-27(25)31-19-20-10-13-23(28)14-11-20/h2-15,29H,16-19H2,1H3. The monoisotopic (exact) mass is 431 g/mol. The molecule has 3 nitrogen and oxygen atoms in total. The van der Waals surface area contributed by atoms with Gasteiger partial charge in [-0.2, -0.15) is 0 Å². The molecule has 4 aromatic rings. The molecule has 4 aromatic carbocycles. The van der Waals surface area contributed by atoms with E-state index in [2.05, 4.69) is 47.8 Å². The van der Waals surface area contributed by atoms with Gasteiger partial charge in [0, 0.05) is 17.1 Å². The Kier molecular flexibility index (Phi) is 7.08. The first-order valence-electron chi connectivity index (χ1n) is 10.4. The molecule has 0 unspecified atom stereocenters. The van der Waals surface area contributed by atoms with Crippen molar-refractivity contribution in [2.75, 3.05) is 13.7 Å². The largest absolute Gasteiger partial charge is 0.496 e. The Hall–Kier alpha value is -3.01. The maximum absolute atomic E-state index is 6.22. The van der Waals surface area contributed by atoms with Crippen LogP contribution in [0.1, 0.15) is 16.7 Å². The quantitative estimate of drug-likeness (QED) is 0.310. The summed E-state index contributed by atoms with van der Waals surface area (Å²) in [6.45, 7) is 2.08. The maximum atomic E-state index is 6.22. The molecule has 158 valence electrons. The fourth-order valence-electron chi connectivity index (χ4n) is 3.72. The van der Waals surface area contributed by atoms with Gasteiger partial charge in [-0.15, -0.1) is 0 Å². The number of halogens is 1. The summed E-state index contributed by atoms with van der Waals surface area (Å²) in [7, 11) is 1.71. The second kappa shape index (κ2) is 10.3. The maximum Gasteiger partial charge on any atom is 0.124 e. The van der Waals surface area contributed by atoms with Gasteiger partial charge in [0.1, 0.15) is 18.1 Å². The average molecular weight is 432 g/mol. The number of para-hydroxylation sites is 1. The molecule has 0 aliphatic rings. The van der Waals surface area contributed by atoms with Crippen LogP contribution in [0, 0.1) is 0 Å². The Labute approximate surface area is 188 Å². The van der Waals surface area contributed by atoms with Crippen molar-refractivity contribution in [3.05, 3.63) is 107 Å². The predicted octanol–water partition coefficient (Wildman–Crippen LogP) is 6.41. The molecule has 1 N–H and O–H groups in total. The molecule has 4 rings (SSSR count). The summed E-state index contributed by atoms with van der Waals surface area (Å²) < 4.78 is 11.7. The Balaban J connectivity index is 1.48. The number of ether oxygens (including phenoxy) is 2. The Morgan fingerprint density at radius 3 is 2.42 bits per heavy atom. The molecule has 0 bridgehead atoms. The fourth-order valence-corrected chi connectivity index (χ4v) is 3.85. The van der Waals surface area contributed by atoms with Crippen LogP contribution in [0.4, 0.5) is 0 Å². The molecular formula is C27H26ClNO2. The SMILES string of the molecule is COc1ccccc1CCNCc1c(OCc2ccc(Cl)cc2)ccc2ccccc12. The van der Waals surface area contributed by atoms with Gasteiger partial charge in [-0.1, -0.05) is 72.3 Å². The lowest BCUT2D eigenvalue weighted by atomic mass is 10.0. The van der Waals surface area contributed by atoms with E-state index in [1.807, 2.05) is 42.5 Å². The first-order valence-corrected chi connectivity index (χ1v) is 10.8. The zero-order chi connectivity index (χ0) is 21.5. The summed E-state index contributed by atoms with van der Waals surface area (Å²) in [4.78, 5) is 0. The number of nitrogens with one attached hydrogen (secondary N) is 1. The van der Waals surface area contributed by atoms with E-state index in [0.29, 0.717) is 6.61 Å². The van der Waals surface area contributed by atoms with Gasteiger partial charge in [-0.05, 0) is 59.1 Å². The third-order valence-electron chi connectivity index (χ3n) is 5.37. The second-order valence-corrected chi connectivity index (χ2v) is 7.85. The molecule has 0 aliphatic heterocycles. The van der Waals surface area contributed by atoms with Gasteiger partial charge >= 0.3 is 0 Å². The van der Waals surface area contributed by atoms with E-state index in [9.17, 15) is 0 Å². The fraction of sp³-hybridized carbons (Fsp3) is 0.185. The zero-order valence-electron chi connectivity index (χ0n) is 17.6. The van der Waals surface area contributed by atoms with Crippen molar-refractivity contribution in [3.63, 3.8) is 0 Å². The summed E-state index contributed by atoms with van der Waals surface area (Å²) >= 11 is 6.00. The van der Waals surface area contributed by atoms with Crippen LogP contribution in [-0.2, 0) is 19.6 Å². The zero-order valence-corrected chi connectivity index (χ0v) is 18.4. The van der Waals surface area contributed by atoms with Crippen molar-refractivity contribution in [3.8, 4) is 11.5 Å². The first-order chi connectivity index (χ1) is 15.2. The van der Waals surface area contributed by atoms with E-state index < -0.39 is 0 Å². The van der Waals surface area contributed by atoms with Crippen LogP contribution in [0.5, 0.6) is 11.5 Å². The molecule has 0 heterocycles. The summed E-state index contributed by atoms with van der Waals surface area (Å²) in [6.07, 6.45) is 0.899. The summed E-state index contributed by atoms with van der Waals surface area (Å²) in [6, 6.07) is 28.5. The molecule has 0 saturated carbocycles. The normalized spacial score (nSPS) is 10.9. The lowest BCUT2D eigenvalue weighted by molar-refractivity contribution is 0.303. The van der Waals surface area contributed by atoms with Gasteiger partial charge < -0.3 is 14.8 Å². The Morgan fingerprint density at radius 2 is 1.58 bits per heavy atom. The molecule has 0 aromatic heterocycles. The van der Waals surface area contributed by atoms with Gasteiger partial charge in [-0.3, -0.25) is 0 Å². The van der Waals surface area contributed by atoms with Gasteiger partial charge in [-0.25, -0.2) is 0 Å². The number of rotatable bonds is 9. The van der Waals surface area contributed by atoms with Crippen molar-refractivity contribution in [2.45, 2.75) is 19.6 Å². The van der Waals surface area contributed by atoms with Crippen LogP contribution in [0.2, 0.25) is 5.02 Å². The number of hydrogen-bond acceptors (Lipinski definition) is 3. The molecule has 0 spiro atoms. The van der Waals surface area contributed by atoms with Crippen LogP contribution in [-0.4, -0.2) is 13.7 Å². The van der Waals surface area contributed by atoms with E-state index >= 15 is 0 Å². The molecule has 0 fully saturated rings. The lowest BCUT2D eigenvalue weighted by Crippen LogP contribution is -2.18. The number of fused-ring (bicyclic) bond motifs is 1. The summed E-state index contributed by atoms with van der Waals surface area (Å²) in [5.41, 5.74) is 3.47. The topological polar surface area (TPSA) is 30.5 Å². The van der Waals surface area contributed by atoms with Gasteiger partial charge in [0.05, 0.1) is 7.11 Å². The van der Waals surface area contributed by atoms with Crippen molar-refractivity contribution in [1.29, 1.82) is 0 Å². The highest BCUT2D eigenvalue weighted by molar-refractivity contribution is 6.30. The van der Waals surface area contributed by atoms with Crippen molar-refractivity contribution < 1.29 is 9.47 Å². The van der Waals surface area contributed by atoms with Crippen molar-refractivity contribution in [1.82, 2.24) is 5.32 Å². The molecular weight excluding hydrogens is 406 g/mol. The second-order valence-electron chi connectivity index (χ2n) is 7.42. The minimum Gasteiger partial charge on any atom is -0.496 e. The predicted molar refractivity (Wildman–Crippen MR) is 128 cm³/mol. The van der Waals surface area contributed by atoms with Gasteiger partial charge in [0.25, 0.3) is 0 Å². The third kappa shape index (κ3) is 5.38. The van der Waals surface area contributed by atoms with E-state index in [-0.39, 0.29) is 0 Å². The van der Waals surface area contributed by atoms with Gasteiger partial charge in [0.2, 0.25) is 0 Å². The van der Waals surface area contributed by atoms with Crippen LogP contribution in [0.3, 0.4) is 0 Å². The van der Waals surface area contributed by atoms with E-state index in [1.165, 1.54) is 21.9 Å². The first kappa shape index (κ1) is 21.2.